The van der Waals surface area contributed by atoms with Gasteiger partial charge >= 0.3 is 0 Å². The standard InChI is InChI=1S/C11H16O2/c1-9(11(12)8-13-2)10-6-4-3-5-7-10/h3-7,9,11-12H,8H2,1-2H3/t9-,11-/m1/s1. The maximum Gasteiger partial charge on any atom is 0.0839 e. The van der Waals surface area contributed by atoms with Crippen LogP contribution in [0.3, 0.4) is 0 Å². The fourth-order valence-corrected chi connectivity index (χ4v) is 1.29. The normalized spacial score (nSPS) is 15.3. The summed E-state index contributed by atoms with van der Waals surface area (Å²) in [5.41, 5.74) is 1.15. The van der Waals surface area contributed by atoms with Crippen LogP contribution in [0, 0.1) is 0 Å². The average molecular weight is 180 g/mol. The molecule has 13 heavy (non-hydrogen) atoms. The molecule has 0 radical (unpaired) electrons. The van der Waals surface area contributed by atoms with E-state index in [2.05, 4.69) is 0 Å². The van der Waals surface area contributed by atoms with Gasteiger partial charge in [0.2, 0.25) is 0 Å². The molecule has 0 heterocycles. The van der Waals surface area contributed by atoms with Gasteiger partial charge in [-0.3, -0.25) is 0 Å². The van der Waals surface area contributed by atoms with Crippen molar-refractivity contribution in [1.82, 2.24) is 0 Å². The van der Waals surface area contributed by atoms with Gasteiger partial charge < -0.3 is 9.84 Å². The van der Waals surface area contributed by atoms with Crippen LogP contribution in [0.1, 0.15) is 18.4 Å². The topological polar surface area (TPSA) is 29.5 Å². The number of hydrogen-bond donors (Lipinski definition) is 1. The van der Waals surface area contributed by atoms with Crippen LogP contribution in [-0.4, -0.2) is 24.9 Å². The molecule has 0 amide bonds. The van der Waals surface area contributed by atoms with Crippen molar-refractivity contribution in [2.45, 2.75) is 18.9 Å². The Hall–Kier alpha value is -0.860. The summed E-state index contributed by atoms with van der Waals surface area (Å²) in [6.45, 7) is 2.38. The van der Waals surface area contributed by atoms with Crippen LogP contribution in [0.4, 0.5) is 0 Å². The van der Waals surface area contributed by atoms with E-state index in [1.54, 1.807) is 7.11 Å². The minimum absolute atomic E-state index is 0.126. The molecule has 0 aliphatic rings. The summed E-state index contributed by atoms with van der Waals surface area (Å²) in [7, 11) is 1.60. The third-order valence-corrected chi connectivity index (χ3v) is 2.24. The van der Waals surface area contributed by atoms with Gasteiger partial charge in [-0.2, -0.15) is 0 Å². The molecule has 0 fully saturated rings. The minimum atomic E-state index is -0.424. The van der Waals surface area contributed by atoms with Gasteiger partial charge in [-0.25, -0.2) is 0 Å². The van der Waals surface area contributed by atoms with Crippen LogP contribution in [0.2, 0.25) is 0 Å². The van der Waals surface area contributed by atoms with E-state index in [-0.39, 0.29) is 5.92 Å². The summed E-state index contributed by atoms with van der Waals surface area (Å²) < 4.78 is 4.90. The van der Waals surface area contributed by atoms with E-state index in [0.717, 1.165) is 5.56 Å². The highest BCUT2D eigenvalue weighted by Gasteiger charge is 2.14. The molecule has 0 saturated carbocycles. The van der Waals surface area contributed by atoms with Gasteiger partial charge in [-0.05, 0) is 5.56 Å². The van der Waals surface area contributed by atoms with Crippen LogP contribution >= 0.6 is 0 Å². The van der Waals surface area contributed by atoms with Crippen molar-refractivity contribution >= 4 is 0 Å². The summed E-state index contributed by atoms with van der Waals surface area (Å²) in [5, 5.41) is 9.65. The van der Waals surface area contributed by atoms with E-state index in [4.69, 9.17) is 4.74 Å². The Labute approximate surface area is 79.2 Å². The van der Waals surface area contributed by atoms with Crippen molar-refractivity contribution < 1.29 is 9.84 Å². The lowest BCUT2D eigenvalue weighted by atomic mass is 9.96. The number of methoxy groups -OCH3 is 1. The summed E-state index contributed by atoms with van der Waals surface area (Å²) in [5.74, 6) is 0.126. The Balaban J connectivity index is 2.62. The van der Waals surface area contributed by atoms with Crippen molar-refractivity contribution in [3.05, 3.63) is 35.9 Å². The van der Waals surface area contributed by atoms with Gasteiger partial charge in [0.05, 0.1) is 12.7 Å². The molecule has 2 heteroatoms. The van der Waals surface area contributed by atoms with Crippen LogP contribution in [0.5, 0.6) is 0 Å². The molecule has 0 spiro atoms. The summed E-state index contributed by atoms with van der Waals surface area (Å²) in [6.07, 6.45) is -0.424. The highest BCUT2D eigenvalue weighted by atomic mass is 16.5. The lowest BCUT2D eigenvalue weighted by Crippen LogP contribution is -2.21. The number of aliphatic hydroxyl groups is 1. The first-order valence-electron chi connectivity index (χ1n) is 4.47. The molecule has 0 bridgehead atoms. The first-order valence-corrected chi connectivity index (χ1v) is 4.47. The fourth-order valence-electron chi connectivity index (χ4n) is 1.29. The Bertz CT molecular complexity index is 233. The number of hydrogen-bond acceptors (Lipinski definition) is 2. The molecule has 0 aliphatic carbocycles. The monoisotopic (exact) mass is 180 g/mol. The first kappa shape index (κ1) is 10.2. The molecular weight excluding hydrogens is 164 g/mol. The van der Waals surface area contributed by atoms with E-state index in [1.165, 1.54) is 0 Å². The zero-order valence-electron chi connectivity index (χ0n) is 8.10. The molecule has 1 rings (SSSR count). The Morgan fingerprint density at radius 2 is 1.92 bits per heavy atom. The molecule has 1 aromatic rings. The Kier molecular flexibility index (Phi) is 3.93. The van der Waals surface area contributed by atoms with Crippen molar-refractivity contribution in [2.24, 2.45) is 0 Å². The van der Waals surface area contributed by atoms with Crippen molar-refractivity contribution in [3.63, 3.8) is 0 Å². The van der Waals surface area contributed by atoms with Gasteiger partial charge in [0.25, 0.3) is 0 Å². The van der Waals surface area contributed by atoms with Crippen LogP contribution in [0.25, 0.3) is 0 Å². The zero-order valence-corrected chi connectivity index (χ0v) is 8.10. The Morgan fingerprint density at radius 1 is 1.31 bits per heavy atom. The Morgan fingerprint density at radius 3 is 2.46 bits per heavy atom. The second-order valence-electron chi connectivity index (χ2n) is 3.22. The van der Waals surface area contributed by atoms with Gasteiger partial charge in [0.15, 0.2) is 0 Å². The van der Waals surface area contributed by atoms with Crippen LogP contribution in [-0.2, 0) is 4.74 Å². The average Bonchev–Trinajstić information content (AvgIpc) is 2.18. The maximum absolute atomic E-state index is 9.65. The summed E-state index contributed by atoms with van der Waals surface area (Å²) >= 11 is 0. The minimum Gasteiger partial charge on any atom is -0.390 e. The van der Waals surface area contributed by atoms with Crippen molar-refractivity contribution in [3.8, 4) is 0 Å². The molecule has 0 unspecified atom stereocenters. The molecule has 2 atom stereocenters. The number of aliphatic hydroxyl groups excluding tert-OH is 1. The van der Waals surface area contributed by atoms with Gasteiger partial charge in [0.1, 0.15) is 0 Å². The van der Waals surface area contributed by atoms with Gasteiger partial charge in [-0.15, -0.1) is 0 Å². The summed E-state index contributed by atoms with van der Waals surface area (Å²) in [4.78, 5) is 0. The number of benzene rings is 1. The predicted molar refractivity (Wildman–Crippen MR) is 52.7 cm³/mol. The lowest BCUT2D eigenvalue weighted by Gasteiger charge is -2.18. The molecule has 2 nitrogen and oxygen atoms in total. The largest absolute Gasteiger partial charge is 0.390 e. The third kappa shape index (κ3) is 2.83. The first-order chi connectivity index (χ1) is 6.25. The van der Waals surface area contributed by atoms with Crippen molar-refractivity contribution in [1.29, 1.82) is 0 Å². The van der Waals surface area contributed by atoms with Crippen LogP contribution in [0.15, 0.2) is 30.3 Å². The van der Waals surface area contributed by atoms with E-state index in [1.807, 2.05) is 37.3 Å². The third-order valence-electron chi connectivity index (χ3n) is 2.24. The lowest BCUT2D eigenvalue weighted by molar-refractivity contribution is 0.0502. The predicted octanol–water partition coefficient (Wildman–Crippen LogP) is 1.80. The second-order valence-corrected chi connectivity index (χ2v) is 3.22. The molecule has 1 aromatic carbocycles. The van der Waals surface area contributed by atoms with Gasteiger partial charge in [0, 0.05) is 13.0 Å². The fraction of sp³-hybridized carbons (Fsp3) is 0.455. The molecule has 0 aromatic heterocycles. The quantitative estimate of drug-likeness (QED) is 0.765. The highest BCUT2D eigenvalue weighted by Crippen LogP contribution is 2.18. The molecule has 0 saturated heterocycles. The SMILES string of the molecule is COC[C@@H](O)[C@H](C)c1ccccc1. The smallest absolute Gasteiger partial charge is 0.0839 e. The molecule has 0 aliphatic heterocycles. The second kappa shape index (κ2) is 5.00. The molecular formula is C11H16O2. The van der Waals surface area contributed by atoms with E-state index < -0.39 is 6.10 Å². The zero-order chi connectivity index (χ0) is 9.68. The number of rotatable bonds is 4. The molecule has 72 valence electrons. The van der Waals surface area contributed by atoms with Crippen molar-refractivity contribution in [2.75, 3.05) is 13.7 Å². The van der Waals surface area contributed by atoms with E-state index in [9.17, 15) is 5.11 Å². The highest BCUT2D eigenvalue weighted by molar-refractivity contribution is 5.19. The van der Waals surface area contributed by atoms with Gasteiger partial charge in [-0.1, -0.05) is 37.3 Å². The maximum atomic E-state index is 9.65. The van der Waals surface area contributed by atoms with E-state index >= 15 is 0 Å². The number of ether oxygens (including phenoxy) is 1. The molecule has 1 N–H and O–H groups in total. The summed E-state index contributed by atoms with van der Waals surface area (Å²) in [6, 6.07) is 9.96. The van der Waals surface area contributed by atoms with E-state index in [0.29, 0.717) is 6.61 Å². The van der Waals surface area contributed by atoms with Crippen LogP contribution < -0.4 is 0 Å².